The van der Waals surface area contributed by atoms with Crippen LogP contribution in [0.15, 0.2) is 30.3 Å². The first kappa shape index (κ1) is 11.6. The summed E-state index contributed by atoms with van der Waals surface area (Å²) in [6.07, 6.45) is 4.86. The Morgan fingerprint density at radius 3 is 2.31 bits per heavy atom. The van der Waals surface area contributed by atoms with Crippen LogP contribution in [0.25, 0.3) is 0 Å². The van der Waals surface area contributed by atoms with Crippen molar-refractivity contribution in [3.8, 4) is 0 Å². The predicted molar refractivity (Wildman–Crippen MR) is 68.2 cm³/mol. The highest BCUT2D eigenvalue weighted by molar-refractivity contribution is 5.14. The number of nitrogens with zero attached hydrogens (tertiary/aromatic N) is 1. The smallest absolute Gasteiger partial charge is 0.0233 e. The van der Waals surface area contributed by atoms with Gasteiger partial charge in [-0.15, -0.1) is 0 Å². The van der Waals surface area contributed by atoms with Gasteiger partial charge in [0.25, 0.3) is 0 Å². The molecule has 0 bridgehead atoms. The fourth-order valence-corrected chi connectivity index (χ4v) is 2.41. The molecule has 1 fully saturated rings. The maximum Gasteiger partial charge on any atom is 0.0233 e. The lowest BCUT2D eigenvalue weighted by Gasteiger charge is -2.26. The van der Waals surface area contributed by atoms with Crippen molar-refractivity contribution < 1.29 is 0 Å². The third kappa shape index (κ3) is 3.62. The average molecular weight is 218 g/mol. The van der Waals surface area contributed by atoms with Crippen molar-refractivity contribution in [2.75, 3.05) is 13.1 Å². The molecule has 1 heterocycles. The molecule has 1 saturated heterocycles. The summed E-state index contributed by atoms with van der Waals surface area (Å²) in [6, 6.07) is 11.2. The van der Waals surface area contributed by atoms with Crippen molar-refractivity contribution in [3.05, 3.63) is 35.9 Å². The maximum atomic E-state index is 5.98. The van der Waals surface area contributed by atoms with E-state index in [1.165, 1.54) is 44.3 Å². The van der Waals surface area contributed by atoms with E-state index in [-0.39, 0.29) is 0 Å². The van der Waals surface area contributed by atoms with Crippen LogP contribution in [0.5, 0.6) is 0 Å². The van der Waals surface area contributed by atoms with Crippen LogP contribution in [-0.2, 0) is 6.54 Å². The van der Waals surface area contributed by atoms with E-state index in [0.29, 0.717) is 6.04 Å². The van der Waals surface area contributed by atoms with Crippen LogP contribution in [0.3, 0.4) is 0 Å². The molecule has 0 unspecified atom stereocenters. The van der Waals surface area contributed by atoms with E-state index in [1.807, 2.05) is 0 Å². The van der Waals surface area contributed by atoms with E-state index in [1.54, 1.807) is 0 Å². The molecule has 2 N–H and O–H groups in total. The summed E-state index contributed by atoms with van der Waals surface area (Å²) in [5, 5.41) is 0. The van der Waals surface area contributed by atoms with Gasteiger partial charge in [-0.1, -0.05) is 30.3 Å². The first-order chi connectivity index (χ1) is 7.84. The van der Waals surface area contributed by atoms with Gasteiger partial charge >= 0.3 is 0 Å². The molecule has 16 heavy (non-hydrogen) atoms. The molecule has 0 amide bonds. The van der Waals surface area contributed by atoms with Gasteiger partial charge in [-0.25, -0.2) is 0 Å². The van der Waals surface area contributed by atoms with Gasteiger partial charge in [0.05, 0.1) is 0 Å². The fourth-order valence-electron chi connectivity index (χ4n) is 2.41. The minimum Gasteiger partial charge on any atom is -0.328 e. The molecule has 2 rings (SSSR count). The Balaban J connectivity index is 1.85. The third-order valence-corrected chi connectivity index (χ3v) is 3.35. The molecule has 1 aliphatic rings. The SMILES string of the molecule is NC1CCCN(Cc2ccccc2)CCC1. The van der Waals surface area contributed by atoms with Crippen LogP contribution < -0.4 is 5.73 Å². The van der Waals surface area contributed by atoms with E-state index < -0.39 is 0 Å². The molecule has 1 aromatic rings. The summed E-state index contributed by atoms with van der Waals surface area (Å²) in [6.45, 7) is 3.49. The largest absolute Gasteiger partial charge is 0.328 e. The first-order valence-electron chi connectivity index (χ1n) is 6.36. The Kier molecular flexibility index (Phi) is 4.37. The molecule has 0 aliphatic carbocycles. The molecule has 0 radical (unpaired) electrons. The third-order valence-electron chi connectivity index (χ3n) is 3.35. The van der Waals surface area contributed by atoms with Crippen molar-refractivity contribution in [3.63, 3.8) is 0 Å². The molecule has 2 nitrogen and oxygen atoms in total. The van der Waals surface area contributed by atoms with Gasteiger partial charge in [-0.05, 0) is 44.3 Å². The maximum absolute atomic E-state index is 5.98. The van der Waals surface area contributed by atoms with Crippen LogP contribution in [0.2, 0.25) is 0 Å². The van der Waals surface area contributed by atoms with Crippen molar-refractivity contribution in [1.82, 2.24) is 4.90 Å². The molecule has 0 spiro atoms. The highest BCUT2D eigenvalue weighted by Crippen LogP contribution is 2.12. The summed E-state index contributed by atoms with van der Waals surface area (Å²) >= 11 is 0. The van der Waals surface area contributed by atoms with Crippen LogP contribution in [0.4, 0.5) is 0 Å². The Bertz CT molecular complexity index is 287. The Labute approximate surface area is 98.4 Å². The van der Waals surface area contributed by atoms with E-state index in [9.17, 15) is 0 Å². The zero-order valence-electron chi connectivity index (χ0n) is 9.94. The number of hydrogen-bond acceptors (Lipinski definition) is 2. The molecule has 88 valence electrons. The standard InChI is InChI=1S/C14H22N2/c15-14-8-4-10-16(11-5-9-14)12-13-6-2-1-3-7-13/h1-3,6-7,14H,4-5,8-12,15H2. The van der Waals surface area contributed by atoms with Crippen molar-refractivity contribution in [2.24, 2.45) is 5.73 Å². The number of likely N-dealkylation sites (tertiary alicyclic amines) is 1. The highest BCUT2D eigenvalue weighted by atomic mass is 15.1. The molecular formula is C14H22N2. The van der Waals surface area contributed by atoms with Crippen LogP contribution in [-0.4, -0.2) is 24.0 Å². The van der Waals surface area contributed by atoms with Crippen LogP contribution >= 0.6 is 0 Å². The topological polar surface area (TPSA) is 29.3 Å². The van der Waals surface area contributed by atoms with Gasteiger partial charge in [-0.3, -0.25) is 4.90 Å². The van der Waals surface area contributed by atoms with Gasteiger partial charge in [-0.2, -0.15) is 0 Å². The quantitative estimate of drug-likeness (QED) is 0.826. The van der Waals surface area contributed by atoms with Crippen LogP contribution in [0, 0.1) is 0 Å². The highest BCUT2D eigenvalue weighted by Gasteiger charge is 2.12. The number of rotatable bonds is 2. The fraction of sp³-hybridized carbons (Fsp3) is 0.571. The van der Waals surface area contributed by atoms with Crippen molar-refractivity contribution in [1.29, 1.82) is 0 Å². The van der Waals surface area contributed by atoms with Gasteiger partial charge in [0, 0.05) is 12.6 Å². The van der Waals surface area contributed by atoms with Crippen molar-refractivity contribution >= 4 is 0 Å². The number of hydrogen-bond donors (Lipinski definition) is 1. The van der Waals surface area contributed by atoms with E-state index in [2.05, 4.69) is 35.2 Å². The molecule has 0 saturated carbocycles. The lowest BCUT2D eigenvalue weighted by molar-refractivity contribution is 0.233. The summed E-state index contributed by atoms with van der Waals surface area (Å²) in [4.78, 5) is 2.56. The Hall–Kier alpha value is -0.860. The summed E-state index contributed by atoms with van der Waals surface area (Å²) < 4.78 is 0. The molecule has 1 aliphatic heterocycles. The van der Waals surface area contributed by atoms with Crippen LogP contribution in [0.1, 0.15) is 31.2 Å². The number of nitrogens with two attached hydrogens (primary N) is 1. The minimum atomic E-state index is 0.443. The second kappa shape index (κ2) is 6.02. The first-order valence-corrected chi connectivity index (χ1v) is 6.36. The average Bonchev–Trinajstić information content (AvgIpc) is 2.27. The van der Waals surface area contributed by atoms with E-state index in [0.717, 1.165) is 6.54 Å². The molecular weight excluding hydrogens is 196 g/mol. The summed E-state index contributed by atoms with van der Waals surface area (Å²) in [5.41, 5.74) is 7.41. The Morgan fingerprint density at radius 1 is 1.06 bits per heavy atom. The second-order valence-corrected chi connectivity index (χ2v) is 4.81. The normalized spacial score (nSPS) is 20.3. The molecule has 0 aromatic heterocycles. The second-order valence-electron chi connectivity index (χ2n) is 4.81. The molecule has 0 atom stereocenters. The Morgan fingerprint density at radius 2 is 1.69 bits per heavy atom. The minimum absolute atomic E-state index is 0.443. The zero-order chi connectivity index (χ0) is 11.2. The predicted octanol–water partition coefficient (Wildman–Crippen LogP) is 2.39. The zero-order valence-corrected chi connectivity index (χ0v) is 9.94. The number of benzene rings is 1. The lowest BCUT2D eigenvalue weighted by atomic mass is 10.0. The van der Waals surface area contributed by atoms with Gasteiger partial charge < -0.3 is 5.73 Å². The van der Waals surface area contributed by atoms with Gasteiger partial charge in [0.2, 0.25) is 0 Å². The van der Waals surface area contributed by atoms with Gasteiger partial charge in [0.1, 0.15) is 0 Å². The molecule has 2 heteroatoms. The van der Waals surface area contributed by atoms with E-state index >= 15 is 0 Å². The summed E-state index contributed by atoms with van der Waals surface area (Å²) in [7, 11) is 0. The van der Waals surface area contributed by atoms with E-state index in [4.69, 9.17) is 5.73 Å². The van der Waals surface area contributed by atoms with Gasteiger partial charge in [0.15, 0.2) is 0 Å². The molecule has 1 aromatic carbocycles. The summed E-state index contributed by atoms with van der Waals surface area (Å²) in [5.74, 6) is 0. The monoisotopic (exact) mass is 218 g/mol. The lowest BCUT2D eigenvalue weighted by Crippen LogP contribution is -2.32. The van der Waals surface area contributed by atoms with Crippen molar-refractivity contribution in [2.45, 2.75) is 38.3 Å².